The van der Waals surface area contributed by atoms with Crippen molar-refractivity contribution in [2.75, 3.05) is 0 Å². The van der Waals surface area contributed by atoms with Crippen LogP contribution in [0.4, 0.5) is 0 Å². The Bertz CT molecular complexity index is 537. The van der Waals surface area contributed by atoms with Gasteiger partial charge in [-0.3, -0.25) is 4.79 Å². The Morgan fingerprint density at radius 1 is 1.38 bits per heavy atom. The zero-order valence-corrected chi connectivity index (χ0v) is 9.41. The Morgan fingerprint density at radius 3 is 2.81 bits per heavy atom. The first-order chi connectivity index (χ1) is 7.58. The highest BCUT2D eigenvalue weighted by atomic mass is 16.4. The molecule has 0 fully saturated rings. The van der Waals surface area contributed by atoms with Gasteiger partial charge in [-0.1, -0.05) is 12.1 Å². The van der Waals surface area contributed by atoms with E-state index in [1.807, 2.05) is 32.0 Å². The highest BCUT2D eigenvalue weighted by Crippen LogP contribution is 2.26. The lowest BCUT2D eigenvalue weighted by Gasteiger charge is -1.94. The maximum absolute atomic E-state index is 10.5. The second kappa shape index (κ2) is 4.00. The van der Waals surface area contributed by atoms with Gasteiger partial charge in [-0.2, -0.15) is 0 Å². The van der Waals surface area contributed by atoms with Gasteiger partial charge in [0.2, 0.25) is 0 Å². The molecule has 0 saturated heterocycles. The normalized spacial score (nSPS) is 10.9. The molecule has 3 heteroatoms. The third-order valence-corrected chi connectivity index (χ3v) is 2.76. The maximum Gasteiger partial charge on any atom is 0.303 e. The maximum atomic E-state index is 10.5. The van der Waals surface area contributed by atoms with E-state index in [0.29, 0.717) is 6.42 Å². The van der Waals surface area contributed by atoms with Gasteiger partial charge in [0.25, 0.3) is 0 Å². The predicted molar refractivity (Wildman–Crippen MR) is 61.6 cm³/mol. The molecule has 0 aliphatic rings. The van der Waals surface area contributed by atoms with Crippen LogP contribution >= 0.6 is 0 Å². The first kappa shape index (κ1) is 10.7. The summed E-state index contributed by atoms with van der Waals surface area (Å²) in [6, 6.07) is 6.03. The van der Waals surface area contributed by atoms with Gasteiger partial charge in [0.05, 0.1) is 6.42 Å². The van der Waals surface area contributed by atoms with Gasteiger partial charge in [0.1, 0.15) is 11.3 Å². The lowest BCUT2D eigenvalue weighted by atomic mass is 10.1. The number of aryl methyl sites for hydroxylation is 3. The molecule has 16 heavy (non-hydrogen) atoms. The van der Waals surface area contributed by atoms with E-state index in [2.05, 4.69) is 0 Å². The monoisotopic (exact) mass is 218 g/mol. The van der Waals surface area contributed by atoms with Crippen LogP contribution in [0.25, 0.3) is 11.0 Å². The van der Waals surface area contributed by atoms with Gasteiger partial charge in [-0.05, 0) is 31.0 Å². The smallest absolute Gasteiger partial charge is 0.303 e. The van der Waals surface area contributed by atoms with Crippen LogP contribution < -0.4 is 0 Å². The summed E-state index contributed by atoms with van der Waals surface area (Å²) in [6.07, 6.45) is 0.564. The molecule has 0 radical (unpaired) electrons. The Kier molecular flexibility index (Phi) is 2.69. The largest absolute Gasteiger partial charge is 0.481 e. The summed E-state index contributed by atoms with van der Waals surface area (Å²) in [5.74, 6) is -0.0148. The van der Waals surface area contributed by atoms with Crippen molar-refractivity contribution in [2.24, 2.45) is 0 Å². The number of carboxylic acids is 1. The summed E-state index contributed by atoms with van der Waals surface area (Å²) in [4.78, 5) is 10.5. The molecule has 0 atom stereocenters. The zero-order chi connectivity index (χ0) is 11.7. The number of carboxylic acid groups (broad SMARTS) is 1. The topological polar surface area (TPSA) is 50.4 Å². The summed E-state index contributed by atoms with van der Waals surface area (Å²) < 4.78 is 5.67. The Labute approximate surface area is 93.7 Å². The number of hydrogen-bond donors (Lipinski definition) is 1. The SMILES string of the molecule is Cc1ccc2c(C)c(CCC(=O)O)oc2c1. The summed E-state index contributed by atoms with van der Waals surface area (Å²) in [5.41, 5.74) is 3.04. The molecule has 0 unspecified atom stereocenters. The average Bonchev–Trinajstić information content (AvgIpc) is 2.52. The van der Waals surface area contributed by atoms with Gasteiger partial charge >= 0.3 is 5.97 Å². The third-order valence-electron chi connectivity index (χ3n) is 2.76. The standard InChI is InChI=1S/C13H14O3/c1-8-3-4-10-9(2)11(5-6-13(14)15)16-12(10)7-8/h3-4,7H,5-6H2,1-2H3,(H,14,15). The van der Waals surface area contributed by atoms with Gasteiger partial charge in [0, 0.05) is 11.8 Å². The molecule has 0 aliphatic heterocycles. The predicted octanol–water partition coefficient (Wildman–Crippen LogP) is 3.07. The van der Waals surface area contributed by atoms with E-state index in [1.165, 1.54) is 0 Å². The van der Waals surface area contributed by atoms with Crippen molar-refractivity contribution in [2.45, 2.75) is 26.7 Å². The van der Waals surface area contributed by atoms with Crippen molar-refractivity contribution >= 4 is 16.9 Å². The number of carbonyl (C=O) groups is 1. The van der Waals surface area contributed by atoms with E-state index in [0.717, 1.165) is 27.9 Å². The van der Waals surface area contributed by atoms with Crippen molar-refractivity contribution in [1.29, 1.82) is 0 Å². The van der Waals surface area contributed by atoms with Crippen LogP contribution in [0.2, 0.25) is 0 Å². The van der Waals surface area contributed by atoms with E-state index in [1.54, 1.807) is 0 Å². The fourth-order valence-electron chi connectivity index (χ4n) is 1.84. The van der Waals surface area contributed by atoms with Gasteiger partial charge in [-0.25, -0.2) is 0 Å². The molecule has 0 amide bonds. The van der Waals surface area contributed by atoms with Crippen LogP contribution in [0.1, 0.15) is 23.3 Å². The first-order valence-corrected chi connectivity index (χ1v) is 5.28. The number of benzene rings is 1. The zero-order valence-electron chi connectivity index (χ0n) is 9.41. The van der Waals surface area contributed by atoms with Gasteiger partial charge in [0.15, 0.2) is 0 Å². The van der Waals surface area contributed by atoms with Crippen molar-refractivity contribution in [3.8, 4) is 0 Å². The fourth-order valence-corrected chi connectivity index (χ4v) is 1.84. The number of furan rings is 1. The van der Waals surface area contributed by atoms with E-state index >= 15 is 0 Å². The lowest BCUT2D eigenvalue weighted by Crippen LogP contribution is -1.97. The van der Waals surface area contributed by atoms with Crippen LogP contribution in [-0.2, 0) is 11.2 Å². The molecular weight excluding hydrogens is 204 g/mol. The first-order valence-electron chi connectivity index (χ1n) is 5.28. The summed E-state index contributed by atoms with van der Waals surface area (Å²) in [5, 5.41) is 9.72. The summed E-state index contributed by atoms with van der Waals surface area (Å²) in [6.45, 7) is 3.98. The molecule has 1 aromatic carbocycles. The minimum Gasteiger partial charge on any atom is -0.481 e. The van der Waals surface area contributed by atoms with Crippen LogP contribution in [0.3, 0.4) is 0 Å². The molecule has 1 N–H and O–H groups in total. The number of rotatable bonds is 3. The van der Waals surface area contributed by atoms with Crippen molar-refractivity contribution in [1.82, 2.24) is 0 Å². The average molecular weight is 218 g/mol. The van der Waals surface area contributed by atoms with E-state index in [-0.39, 0.29) is 6.42 Å². The Morgan fingerprint density at radius 2 is 2.12 bits per heavy atom. The molecule has 3 nitrogen and oxygen atoms in total. The van der Waals surface area contributed by atoms with Crippen molar-refractivity contribution < 1.29 is 14.3 Å². The lowest BCUT2D eigenvalue weighted by molar-refractivity contribution is -0.137. The molecule has 84 valence electrons. The molecule has 0 aliphatic carbocycles. The summed E-state index contributed by atoms with van der Waals surface area (Å²) in [7, 11) is 0. The van der Waals surface area contributed by atoms with Gasteiger partial charge < -0.3 is 9.52 Å². The number of hydrogen-bond acceptors (Lipinski definition) is 2. The van der Waals surface area contributed by atoms with Crippen LogP contribution in [0.5, 0.6) is 0 Å². The minimum atomic E-state index is -0.795. The Balaban J connectivity index is 2.39. The third kappa shape index (κ3) is 1.94. The highest BCUT2D eigenvalue weighted by molar-refractivity contribution is 5.82. The van der Waals surface area contributed by atoms with Crippen LogP contribution in [0, 0.1) is 13.8 Å². The van der Waals surface area contributed by atoms with Gasteiger partial charge in [-0.15, -0.1) is 0 Å². The highest BCUT2D eigenvalue weighted by Gasteiger charge is 2.11. The van der Waals surface area contributed by atoms with Crippen molar-refractivity contribution in [3.05, 3.63) is 35.1 Å². The molecule has 0 spiro atoms. The molecule has 2 rings (SSSR count). The summed E-state index contributed by atoms with van der Waals surface area (Å²) >= 11 is 0. The second-order valence-corrected chi connectivity index (χ2v) is 4.04. The Hall–Kier alpha value is -1.77. The van der Waals surface area contributed by atoms with E-state index in [9.17, 15) is 4.79 Å². The molecule has 1 aromatic heterocycles. The second-order valence-electron chi connectivity index (χ2n) is 4.04. The molecule has 2 aromatic rings. The quantitative estimate of drug-likeness (QED) is 0.861. The van der Waals surface area contributed by atoms with Crippen LogP contribution in [0.15, 0.2) is 22.6 Å². The molecule has 0 bridgehead atoms. The fraction of sp³-hybridized carbons (Fsp3) is 0.308. The van der Waals surface area contributed by atoms with E-state index < -0.39 is 5.97 Å². The van der Waals surface area contributed by atoms with E-state index in [4.69, 9.17) is 9.52 Å². The minimum absolute atomic E-state index is 0.111. The molecule has 0 saturated carbocycles. The number of aliphatic carboxylic acids is 1. The number of fused-ring (bicyclic) bond motifs is 1. The molecular formula is C13H14O3. The molecule has 1 heterocycles. The van der Waals surface area contributed by atoms with Crippen molar-refractivity contribution in [3.63, 3.8) is 0 Å². The van der Waals surface area contributed by atoms with Crippen LogP contribution in [-0.4, -0.2) is 11.1 Å².